The Morgan fingerprint density at radius 3 is 2.75 bits per heavy atom. The molecule has 0 amide bonds. The van der Waals surface area contributed by atoms with Crippen molar-refractivity contribution in [1.82, 2.24) is 0 Å². The minimum absolute atomic E-state index is 0.697. The van der Waals surface area contributed by atoms with E-state index >= 15 is 0 Å². The second-order valence-electron chi connectivity index (χ2n) is 6.44. The van der Waals surface area contributed by atoms with Gasteiger partial charge in [0.1, 0.15) is 5.75 Å². The van der Waals surface area contributed by atoms with Crippen molar-refractivity contribution in [2.45, 2.75) is 52.4 Å². The molecule has 1 aliphatic rings. The van der Waals surface area contributed by atoms with E-state index < -0.39 is 0 Å². The lowest BCUT2D eigenvalue weighted by molar-refractivity contribution is 0.289. The van der Waals surface area contributed by atoms with E-state index in [4.69, 9.17) is 4.74 Å². The Bertz CT molecular complexity index is 383. The van der Waals surface area contributed by atoms with Gasteiger partial charge in [-0.05, 0) is 43.2 Å². The molecule has 1 aromatic rings. The molecule has 1 fully saturated rings. The third kappa shape index (κ3) is 5.44. The zero-order valence-corrected chi connectivity index (χ0v) is 13.0. The number of hydrogen-bond donors (Lipinski definition) is 1. The fourth-order valence-corrected chi connectivity index (χ4v) is 2.76. The fourth-order valence-electron chi connectivity index (χ4n) is 2.76. The molecular formula is C18H29NO. The Hall–Kier alpha value is -1.18. The van der Waals surface area contributed by atoms with Gasteiger partial charge in [0.15, 0.2) is 0 Å². The summed E-state index contributed by atoms with van der Waals surface area (Å²) in [7, 11) is 0. The Balaban J connectivity index is 1.76. The summed E-state index contributed by atoms with van der Waals surface area (Å²) in [6, 6.07) is 8.39. The average Bonchev–Trinajstić information content (AvgIpc) is 2.46. The minimum Gasteiger partial charge on any atom is -0.494 e. The number of anilines is 1. The Kier molecular flexibility index (Phi) is 6.23. The van der Waals surface area contributed by atoms with E-state index in [-0.39, 0.29) is 0 Å². The molecule has 20 heavy (non-hydrogen) atoms. The Morgan fingerprint density at radius 1 is 1.20 bits per heavy atom. The highest BCUT2D eigenvalue weighted by molar-refractivity contribution is 5.48. The van der Waals surface area contributed by atoms with Crippen LogP contribution in [0.3, 0.4) is 0 Å². The van der Waals surface area contributed by atoms with Gasteiger partial charge >= 0.3 is 0 Å². The van der Waals surface area contributed by atoms with Crippen LogP contribution in [0.4, 0.5) is 5.69 Å². The molecule has 1 N–H and O–H groups in total. The molecule has 2 heteroatoms. The molecular weight excluding hydrogens is 246 g/mol. The smallest absolute Gasteiger partial charge is 0.121 e. The largest absolute Gasteiger partial charge is 0.494 e. The van der Waals surface area contributed by atoms with Gasteiger partial charge in [0.25, 0.3) is 0 Å². The van der Waals surface area contributed by atoms with Crippen LogP contribution in [0.2, 0.25) is 0 Å². The molecule has 0 atom stereocenters. The van der Waals surface area contributed by atoms with Gasteiger partial charge in [0, 0.05) is 18.3 Å². The van der Waals surface area contributed by atoms with E-state index in [1.165, 1.54) is 37.8 Å². The zero-order valence-electron chi connectivity index (χ0n) is 13.0. The van der Waals surface area contributed by atoms with Gasteiger partial charge < -0.3 is 10.1 Å². The lowest BCUT2D eigenvalue weighted by Gasteiger charge is -2.22. The van der Waals surface area contributed by atoms with Crippen LogP contribution in [0.15, 0.2) is 24.3 Å². The summed E-state index contributed by atoms with van der Waals surface area (Å²) in [6.45, 7) is 6.37. The van der Waals surface area contributed by atoms with Gasteiger partial charge in [-0.2, -0.15) is 0 Å². The van der Waals surface area contributed by atoms with Crippen LogP contribution in [0.5, 0.6) is 5.75 Å². The van der Waals surface area contributed by atoms with Crippen molar-refractivity contribution in [3.05, 3.63) is 24.3 Å². The summed E-state index contributed by atoms with van der Waals surface area (Å²) in [4.78, 5) is 0. The van der Waals surface area contributed by atoms with Crippen molar-refractivity contribution in [3.8, 4) is 5.75 Å². The first-order valence-corrected chi connectivity index (χ1v) is 8.21. The van der Waals surface area contributed by atoms with Crippen LogP contribution >= 0.6 is 0 Å². The fraction of sp³-hybridized carbons (Fsp3) is 0.667. The van der Waals surface area contributed by atoms with E-state index in [0.717, 1.165) is 31.2 Å². The highest BCUT2D eigenvalue weighted by Crippen LogP contribution is 2.25. The van der Waals surface area contributed by atoms with E-state index in [9.17, 15) is 0 Å². The third-order valence-electron chi connectivity index (χ3n) is 4.12. The van der Waals surface area contributed by atoms with Gasteiger partial charge in [-0.25, -0.2) is 0 Å². The maximum absolute atomic E-state index is 5.81. The maximum atomic E-state index is 5.81. The second-order valence-corrected chi connectivity index (χ2v) is 6.44. The molecule has 0 aliphatic heterocycles. The number of benzene rings is 1. The molecule has 0 saturated heterocycles. The predicted molar refractivity (Wildman–Crippen MR) is 86.5 cm³/mol. The first-order chi connectivity index (χ1) is 9.74. The van der Waals surface area contributed by atoms with Crippen molar-refractivity contribution in [2.24, 2.45) is 11.8 Å². The minimum atomic E-state index is 0.697. The van der Waals surface area contributed by atoms with Crippen molar-refractivity contribution in [3.63, 3.8) is 0 Å². The molecule has 0 spiro atoms. The monoisotopic (exact) mass is 275 g/mol. The molecule has 0 unspecified atom stereocenters. The van der Waals surface area contributed by atoms with Crippen molar-refractivity contribution in [1.29, 1.82) is 0 Å². The maximum Gasteiger partial charge on any atom is 0.121 e. The second kappa shape index (κ2) is 8.18. The molecule has 1 saturated carbocycles. The Labute approximate surface area is 123 Å². The van der Waals surface area contributed by atoms with Crippen LogP contribution in [0.25, 0.3) is 0 Å². The van der Waals surface area contributed by atoms with Crippen molar-refractivity contribution < 1.29 is 4.74 Å². The highest BCUT2D eigenvalue weighted by atomic mass is 16.5. The molecule has 1 aliphatic carbocycles. The van der Waals surface area contributed by atoms with E-state index in [2.05, 4.69) is 37.4 Å². The van der Waals surface area contributed by atoms with Gasteiger partial charge in [-0.1, -0.05) is 39.2 Å². The number of ether oxygens (including phenoxy) is 1. The van der Waals surface area contributed by atoms with Crippen LogP contribution in [-0.4, -0.2) is 13.2 Å². The summed E-state index contributed by atoms with van der Waals surface area (Å²) in [5.74, 6) is 2.54. The molecule has 0 bridgehead atoms. The van der Waals surface area contributed by atoms with E-state index in [0.29, 0.717) is 5.92 Å². The van der Waals surface area contributed by atoms with E-state index in [1.54, 1.807) is 0 Å². The van der Waals surface area contributed by atoms with Crippen LogP contribution in [-0.2, 0) is 0 Å². The molecule has 2 nitrogen and oxygen atoms in total. The summed E-state index contributed by atoms with van der Waals surface area (Å²) in [6.07, 6.45) is 8.12. The van der Waals surface area contributed by atoms with Gasteiger partial charge in [-0.3, -0.25) is 0 Å². The van der Waals surface area contributed by atoms with Gasteiger partial charge in [0.05, 0.1) is 6.61 Å². The van der Waals surface area contributed by atoms with Crippen molar-refractivity contribution >= 4 is 5.69 Å². The summed E-state index contributed by atoms with van der Waals surface area (Å²) in [5.41, 5.74) is 1.19. The zero-order chi connectivity index (χ0) is 14.2. The summed E-state index contributed by atoms with van der Waals surface area (Å²) in [5, 5.41) is 3.57. The first-order valence-electron chi connectivity index (χ1n) is 8.21. The molecule has 112 valence electrons. The number of rotatable bonds is 7. The third-order valence-corrected chi connectivity index (χ3v) is 4.12. The van der Waals surface area contributed by atoms with Crippen LogP contribution in [0.1, 0.15) is 52.4 Å². The van der Waals surface area contributed by atoms with Crippen LogP contribution < -0.4 is 10.1 Å². The highest BCUT2D eigenvalue weighted by Gasteiger charge is 2.12. The van der Waals surface area contributed by atoms with E-state index in [1.807, 2.05) is 6.07 Å². The van der Waals surface area contributed by atoms with Crippen molar-refractivity contribution in [2.75, 3.05) is 18.5 Å². The standard InChI is InChI=1S/C18H29NO/c1-15(2)11-12-20-18-10-6-9-17(13-18)19-14-16-7-4-3-5-8-16/h6,9-10,13,15-16,19H,3-5,7-8,11-12,14H2,1-2H3. The number of hydrogen-bond acceptors (Lipinski definition) is 2. The molecule has 1 aromatic carbocycles. The topological polar surface area (TPSA) is 21.3 Å². The normalized spacial score (nSPS) is 16.4. The number of nitrogens with one attached hydrogen (secondary N) is 1. The lowest BCUT2D eigenvalue weighted by Crippen LogP contribution is -2.17. The molecule has 0 aromatic heterocycles. The quantitative estimate of drug-likeness (QED) is 0.747. The molecule has 0 radical (unpaired) electrons. The lowest BCUT2D eigenvalue weighted by atomic mass is 9.89. The van der Waals surface area contributed by atoms with Gasteiger partial charge in [-0.15, -0.1) is 0 Å². The Morgan fingerprint density at radius 2 is 2.00 bits per heavy atom. The molecule has 0 heterocycles. The summed E-state index contributed by atoms with van der Waals surface area (Å²) >= 11 is 0. The average molecular weight is 275 g/mol. The molecule has 2 rings (SSSR count). The van der Waals surface area contributed by atoms with Crippen LogP contribution in [0, 0.1) is 11.8 Å². The predicted octanol–water partition coefficient (Wildman–Crippen LogP) is 5.10. The summed E-state index contributed by atoms with van der Waals surface area (Å²) < 4.78 is 5.81. The SMILES string of the molecule is CC(C)CCOc1cccc(NCC2CCCCC2)c1. The first kappa shape index (κ1) is 15.2. The van der Waals surface area contributed by atoms with Gasteiger partial charge in [0.2, 0.25) is 0 Å².